The fraction of sp³-hybridized carbons (Fsp3) is 0.778. The molecule has 0 radical (unpaired) electrons. The number of hydrogen-bond donors (Lipinski definition) is 2. The monoisotopic (exact) mass is 480 g/mol. The molecular weight excluding hydrogens is 447 g/mol. The van der Waals surface area contributed by atoms with Gasteiger partial charge in [-0.25, -0.2) is 4.98 Å². The normalized spacial score (nSPS) is 15.7. The van der Waals surface area contributed by atoms with E-state index in [2.05, 4.69) is 27.5 Å². The van der Waals surface area contributed by atoms with Crippen molar-refractivity contribution >= 4 is 41.3 Å². The maximum atomic E-state index is 5.96. The van der Waals surface area contributed by atoms with Crippen molar-refractivity contribution in [3.63, 3.8) is 0 Å². The van der Waals surface area contributed by atoms with E-state index in [0.29, 0.717) is 6.10 Å². The van der Waals surface area contributed by atoms with Gasteiger partial charge in [0, 0.05) is 31.3 Å². The molecule has 1 heterocycles. The van der Waals surface area contributed by atoms with Crippen molar-refractivity contribution in [1.82, 2.24) is 15.6 Å². The summed E-state index contributed by atoms with van der Waals surface area (Å²) in [5, 5.41) is 7.76. The third kappa shape index (κ3) is 9.75. The van der Waals surface area contributed by atoms with Crippen molar-refractivity contribution < 1.29 is 4.74 Å². The summed E-state index contributed by atoms with van der Waals surface area (Å²) in [6.07, 6.45) is 12.6. The molecular formula is C18H33IN4OS. The molecule has 0 amide bonds. The maximum Gasteiger partial charge on any atom is 0.191 e. The highest BCUT2D eigenvalue weighted by Gasteiger charge is 2.12. The van der Waals surface area contributed by atoms with E-state index < -0.39 is 0 Å². The molecule has 1 aromatic rings. The Morgan fingerprint density at radius 2 is 2.04 bits per heavy atom. The molecule has 0 unspecified atom stereocenters. The van der Waals surface area contributed by atoms with Gasteiger partial charge in [0.05, 0.1) is 12.6 Å². The molecule has 1 saturated carbocycles. The van der Waals surface area contributed by atoms with Gasteiger partial charge in [-0.2, -0.15) is 0 Å². The van der Waals surface area contributed by atoms with Gasteiger partial charge in [-0.15, -0.1) is 35.3 Å². The highest BCUT2D eigenvalue weighted by molar-refractivity contribution is 14.0. The van der Waals surface area contributed by atoms with Gasteiger partial charge in [0.25, 0.3) is 0 Å². The van der Waals surface area contributed by atoms with Crippen molar-refractivity contribution in [3.05, 3.63) is 16.1 Å². The van der Waals surface area contributed by atoms with E-state index >= 15 is 0 Å². The van der Waals surface area contributed by atoms with Crippen molar-refractivity contribution in [2.45, 2.75) is 70.9 Å². The number of aromatic nitrogens is 1. The molecule has 1 fully saturated rings. The first-order chi connectivity index (χ1) is 11.8. The van der Waals surface area contributed by atoms with E-state index in [1.807, 2.05) is 6.20 Å². The maximum absolute atomic E-state index is 5.96. The number of guanidine groups is 1. The van der Waals surface area contributed by atoms with Crippen LogP contribution in [0.1, 0.15) is 61.3 Å². The zero-order chi connectivity index (χ0) is 17.0. The summed E-state index contributed by atoms with van der Waals surface area (Å²) < 4.78 is 5.96. The first-order valence-electron chi connectivity index (χ1n) is 9.25. The number of nitrogens with one attached hydrogen (secondary N) is 2. The number of nitrogens with zero attached hydrogens (tertiary/aromatic N) is 2. The number of halogens is 1. The van der Waals surface area contributed by atoms with Crippen LogP contribution in [0.2, 0.25) is 0 Å². The number of ether oxygens (including phenoxy) is 1. The van der Waals surface area contributed by atoms with Crippen LogP contribution in [0.5, 0.6) is 0 Å². The summed E-state index contributed by atoms with van der Waals surface area (Å²) in [5.74, 6) is 0.848. The molecule has 0 atom stereocenters. The first kappa shape index (κ1) is 22.6. The Morgan fingerprint density at radius 1 is 1.24 bits per heavy atom. The van der Waals surface area contributed by atoms with Gasteiger partial charge >= 0.3 is 0 Å². The summed E-state index contributed by atoms with van der Waals surface area (Å²) in [6, 6.07) is 0. The van der Waals surface area contributed by atoms with Crippen molar-refractivity contribution in [3.8, 4) is 0 Å². The lowest BCUT2D eigenvalue weighted by atomic mass is 9.98. The molecule has 2 rings (SSSR count). The number of unbranched alkanes of at least 4 members (excludes halogenated alkanes) is 2. The van der Waals surface area contributed by atoms with E-state index in [1.54, 1.807) is 18.4 Å². The van der Waals surface area contributed by atoms with Gasteiger partial charge < -0.3 is 15.4 Å². The molecule has 5 nitrogen and oxygen atoms in total. The van der Waals surface area contributed by atoms with Crippen LogP contribution in [0.4, 0.5) is 0 Å². The second-order valence-corrected chi connectivity index (χ2v) is 7.73. The standard InChI is InChI=1S/C18H32N4OS.HI/c1-15-13-21-17(24-15)14-22-18(19-2)20-11-7-4-8-12-23-16-9-5-3-6-10-16;/h13,16H,3-12,14H2,1-2H3,(H2,19,20,22);1H. The molecule has 0 saturated heterocycles. The Bertz CT molecular complexity index is 489. The molecule has 144 valence electrons. The van der Waals surface area contributed by atoms with E-state index in [1.165, 1.54) is 43.4 Å². The van der Waals surface area contributed by atoms with E-state index in [4.69, 9.17) is 4.74 Å². The van der Waals surface area contributed by atoms with Crippen molar-refractivity contribution in [2.75, 3.05) is 20.2 Å². The van der Waals surface area contributed by atoms with Crippen molar-refractivity contribution in [2.24, 2.45) is 4.99 Å². The lowest BCUT2D eigenvalue weighted by molar-refractivity contribution is 0.0264. The zero-order valence-corrected chi connectivity index (χ0v) is 18.7. The lowest BCUT2D eigenvalue weighted by Crippen LogP contribution is -2.37. The van der Waals surface area contributed by atoms with Crippen LogP contribution in [-0.2, 0) is 11.3 Å². The van der Waals surface area contributed by atoms with E-state index in [0.717, 1.165) is 43.5 Å². The number of rotatable bonds is 9. The largest absolute Gasteiger partial charge is 0.378 e. The molecule has 7 heteroatoms. The van der Waals surface area contributed by atoms with Gasteiger partial charge in [0.2, 0.25) is 0 Å². The molecule has 1 aromatic heterocycles. The Morgan fingerprint density at radius 3 is 2.72 bits per heavy atom. The molecule has 0 spiro atoms. The fourth-order valence-electron chi connectivity index (χ4n) is 2.96. The Labute approximate surface area is 173 Å². The van der Waals surface area contributed by atoms with Crippen LogP contribution >= 0.6 is 35.3 Å². The highest BCUT2D eigenvalue weighted by Crippen LogP contribution is 2.20. The van der Waals surface area contributed by atoms with Crippen molar-refractivity contribution in [1.29, 1.82) is 0 Å². The number of aliphatic imine (C=N–C) groups is 1. The number of thiazole rings is 1. The van der Waals surface area contributed by atoms with Crippen LogP contribution in [0.25, 0.3) is 0 Å². The third-order valence-corrected chi connectivity index (χ3v) is 5.23. The van der Waals surface area contributed by atoms with Crippen LogP contribution in [0, 0.1) is 6.92 Å². The molecule has 0 bridgehead atoms. The Hall–Kier alpha value is -0.410. The molecule has 25 heavy (non-hydrogen) atoms. The second-order valence-electron chi connectivity index (χ2n) is 6.41. The second kappa shape index (κ2) is 13.7. The van der Waals surface area contributed by atoms with Crippen LogP contribution in [-0.4, -0.2) is 37.2 Å². The zero-order valence-electron chi connectivity index (χ0n) is 15.6. The number of hydrogen-bond acceptors (Lipinski definition) is 4. The number of aryl methyl sites for hydroxylation is 1. The quantitative estimate of drug-likeness (QED) is 0.240. The molecule has 2 N–H and O–H groups in total. The predicted octanol–water partition coefficient (Wildman–Crippen LogP) is 4.25. The SMILES string of the molecule is CN=C(NCCCCCOC1CCCCC1)NCc1ncc(C)s1.I. The topological polar surface area (TPSA) is 58.5 Å². The average molecular weight is 480 g/mol. The van der Waals surface area contributed by atoms with Gasteiger partial charge in [-0.3, -0.25) is 4.99 Å². The summed E-state index contributed by atoms with van der Waals surface area (Å²) in [6.45, 7) is 4.67. The van der Waals surface area contributed by atoms with Gasteiger partial charge in [-0.1, -0.05) is 19.3 Å². The van der Waals surface area contributed by atoms with Gasteiger partial charge in [-0.05, 0) is 39.0 Å². The van der Waals surface area contributed by atoms with Crippen LogP contribution in [0.3, 0.4) is 0 Å². The summed E-state index contributed by atoms with van der Waals surface area (Å²) in [5.41, 5.74) is 0. The highest BCUT2D eigenvalue weighted by atomic mass is 127. The van der Waals surface area contributed by atoms with E-state index in [-0.39, 0.29) is 24.0 Å². The summed E-state index contributed by atoms with van der Waals surface area (Å²) in [7, 11) is 1.81. The fourth-order valence-corrected chi connectivity index (χ4v) is 3.68. The predicted molar refractivity (Wildman–Crippen MR) is 117 cm³/mol. The van der Waals surface area contributed by atoms with Gasteiger partial charge in [0.1, 0.15) is 5.01 Å². The lowest BCUT2D eigenvalue weighted by Gasteiger charge is -2.21. The summed E-state index contributed by atoms with van der Waals surface area (Å²) in [4.78, 5) is 9.84. The minimum atomic E-state index is 0. The third-order valence-electron chi connectivity index (χ3n) is 4.32. The first-order valence-corrected chi connectivity index (χ1v) is 10.1. The van der Waals surface area contributed by atoms with Gasteiger partial charge in [0.15, 0.2) is 5.96 Å². The minimum Gasteiger partial charge on any atom is -0.378 e. The molecule has 1 aliphatic carbocycles. The molecule has 0 aromatic carbocycles. The Balaban J connectivity index is 0.00000312. The summed E-state index contributed by atoms with van der Waals surface area (Å²) >= 11 is 1.72. The molecule has 0 aliphatic heterocycles. The van der Waals surface area contributed by atoms with Crippen LogP contribution < -0.4 is 10.6 Å². The van der Waals surface area contributed by atoms with Crippen LogP contribution in [0.15, 0.2) is 11.2 Å². The minimum absolute atomic E-state index is 0. The Kier molecular flexibility index (Phi) is 12.4. The molecule has 1 aliphatic rings. The average Bonchev–Trinajstić information content (AvgIpc) is 3.03. The smallest absolute Gasteiger partial charge is 0.191 e. The van der Waals surface area contributed by atoms with E-state index in [9.17, 15) is 0 Å².